The predicted molar refractivity (Wildman–Crippen MR) is 105 cm³/mol. The number of anilines is 1. The van der Waals surface area contributed by atoms with Crippen molar-refractivity contribution in [3.8, 4) is 5.75 Å². The molecule has 2 aliphatic rings. The lowest BCUT2D eigenvalue weighted by atomic mass is 10.2. The van der Waals surface area contributed by atoms with Gasteiger partial charge >= 0.3 is 0 Å². The van der Waals surface area contributed by atoms with Crippen molar-refractivity contribution in [1.82, 2.24) is 0 Å². The van der Waals surface area contributed by atoms with E-state index in [-0.39, 0.29) is 5.91 Å². The van der Waals surface area contributed by atoms with Gasteiger partial charge in [-0.05, 0) is 42.3 Å². The van der Waals surface area contributed by atoms with Gasteiger partial charge in [0.1, 0.15) is 38.5 Å². The van der Waals surface area contributed by atoms with E-state index in [9.17, 15) is 4.79 Å². The van der Waals surface area contributed by atoms with E-state index in [1.165, 1.54) is 16.0 Å². The van der Waals surface area contributed by atoms with E-state index in [4.69, 9.17) is 4.74 Å². The molecule has 2 aromatic rings. The number of fused-ring (bicyclic) bond motifs is 1. The number of hydrogen-bond acceptors (Lipinski definition) is 2. The summed E-state index contributed by atoms with van der Waals surface area (Å²) in [5.74, 6) is 1.18. The lowest BCUT2D eigenvalue weighted by Crippen LogP contribution is -3.28. The van der Waals surface area contributed by atoms with Gasteiger partial charge in [-0.3, -0.25) is 4.79 Å². The van der Waals surface area contributed by atoms with E-state index in [0.29, 0.717) is 6.54 Å². The first-order valence-electron chi connectivity index (χ1n) is 9.91. The summed E-state index contributed by atoms with van der Waals surface area (Å²) in [5.41, 5.74) is 3.76. The van der Waals surface area contributed by atoms with Crippen LogP contribution in [0.1, 0.15) is 11.1 Å². The number of benzene rings is 2. The monoisotopic (exact) mass is 367 g/mol. The van der Waals surface area contributed by atoms with Crippen LogP contribution in [-0.4, -0.2) is 52.3 Å². The van der Waals surface area contributed by atoms with Gasteiger partial charge in [-0.15, -0.1) is 0 Å². The molecule has 2 aromatic carbocycles. The topological polar surface area (TPSA) is 38.4 Å². The second kappa shape index (κ2) is 8.11. The average molecular weight is 367 g/mol. The van der Waals surface area contributed by atoms with Gasteiger partial charge in [-0.1, -0.05) is 18.2 Å². The zero-order valence-corrected chi connectivity index (χ0v) is 16.0. The van der Waals surface area contributed by atoms with Crippen LogP contribution in [0.15, 0.2) is 48.5 Å². The number of amides is 1. The van der Waals surface area contributed by atoms with Crippen molar-refractivity contribution in [2.24, 2.45) is 0 Å². The summed E-state index contributed by atoms with van der Waals surface area (Å²) in [6.45, 7) is 6.85. The predicted octanol–water partition coefficient (Wildman–Crippen LogP) is -0.432. The molecule has 142 valence electrons. The van der Waals surface area contributed by atoms with Crippen molar-refractivity contribution in [3.63, 3.8) is 0 Å². The van der Waals surface area contributed by atoms with Gasteiger partial charge in [0, 0.05) is 17.8 Å². The summed E-state index contributed by atoms with van der Waals surface area (Å²) >= 11 is 0. The average Bonchev–Trinajstić information content (AvgIpc) is 3.14. The highest BCUT2D eigenvalue weighted by molar-refractivity contribution is 5.96. The number of hydrogen-bond donors (Lipinski definition) is 2. The number of piperazine rings is 1. The smallest absolute Gasteiger partial charge is 0.282 e. The Labute approximate surface area is 161 Å². The number of para-hydroxylation sites is 1. The molecule has 1 fully saturated rings. The minimum absolute atomic E-state index is 0.272. The van der Waals surface area contributed by atoms with Gasteiger partial charge in [0.25, 0.3) is 5.91 Å². The largest absolute Gasteiger partial charge is 0.497 e. The molecule has 0 unspecified atom stereocenters. The van der Waals surface area contributed by atoms with E-state index in [1.807, 2.05) is 23.1 Å². The Morgan fingerprint density at radius 2 is 1.70 bits per heavy atom. The fourth-order valence-electron chi connectivity index (χ4n) is 4.25. The molecule has 0 spiro atoms. The van der Waals surface area contributed by atoms with E-state index in [1.54, 1.807) is 12.0 Å². The number of methoxy groups -OCH3 is 1. The molecule has 0 aliphatic carbocycles. The van der Waals surface area contributed by atoms with Crippen LogP contribution in [0.3, 0.4) is 0 Å². The Balaban J connectivity index is 1.26. The molecule has 2 N–H and O–H groups in total. The first-order valence-corrected chi connectivity index (χ1v) is 9.91. The van der Waals surface area contributed by atoms with Crippen LogP contribution in [0.2, 0.25) is 0 Å². The molecule has 27 heavy (non-hydrogen) atoms. The number of carbonyl (C=O) groups is 1. The van der Waals surface area contributed by atoms with Crippen LogP contribution in [0.4, 0.5) is 5.69 Å². The lowest BCUT2D eigenvalue weighted by molar-refractivity contribution is -1.02. The molecule has 0 radical (unpaired) electrons. The quantitative estimate of drug-likeness (QED) is 0.753. The summed E-state index contributed by atoms with van der Waals surface area (Å²) in [5, 5.41) is 0. The van der Waals surface area contributed by atoms with Crippen LogP contribution in [0.25, 0.3) is 0 Å². The molecule has 2 aliphatic heterocycles. The second-order valence-corrected chi connectivity index (χ2v) is 7.63. The SMILES string of the molecule is COc1ccc(C[NH+]2CC[NH+](CC(=O)N3CCc4ccccc43)CC2)cc1. The molecule has 1 amide bonds. The molecule has 0 aromatic heterocycles. The third-order valence-electron chi connectivity index (χ3n) is 5.87. The highest BCUT2D eigenvalue weighted by Crippen LogP contribution is 2.26. The van der Waals surface area contributed by atoms with Crippen LogP contribution in [0, 0.1) is 0 Å². The zero-order chi connectivity index (χ0) is 18.6. The number of quaternary nitrogens is 2. The number of ether oxygens (including phenoxy) is 1. The Bertz CT molecular complexity index is 782. The maximum atomic E-state index is 12.8. The third-order valence-corrected chi connectivity index (χ3v) is 5.87. The molecule has 4 rings (SSSR count). The van der Waals surface area contributed by atoms with E-state index >= 15 is 0 Å². The number of carbonyl (C=O) groups excluding carboxylic acids is 1. The van der Waals surface area contributed by atoms with Crippen molar-refractivity contribution >= 4 is 11.6 Å². The van der Waals surface area contributed by atoms with Crippen molar-refractivity contribution < 1.29 is 19.3 Å². The standard InChI is InChI=1S/C22H27N3O2/c1-27-20-8-6-18(7-9-20)16-23-12-14-24(15-13-23)17-22(26)25-11-10-19-4-2-3-5-21(19)25/h2-9H,10-17H2,1H3/p+2. The molecule has 0 bridgehead atoms. The lowest BCUT2D eigenvalue weighted by Gasteiger charge is -2.30. The first kappa shape index (κ1) is 18.0. The van der Waals surface area contributed by atoms with Crippen molar-refractivity contribution in [2.75, 3.05) is 51.3 Å². The Morgan fingerprint density at radius 3 is 2.44 bits per heavy atom. The van der Waals surface area contributed by atoms with Gasteiger partial charge in [0.05, 0.1) is 7.11 Å². The van der Waals surface area contributed by atoms with Crippen molar-refractivity contribution in [2.45, 2.75) is 13.0 Å². The highest BCUT2D eigenvalue weighted by atomic mass is 16.5. The third kappa shape index (κ3) is 4.15. The Hall–Kier alpha value is -2.37. The minimum atomic E-state index is 0.272. The van der Waals surface area contributed by atoms with E-state index < -0.39 is 0 Å². The highest BCUT2D eigenvalue weighted by Gasteiger charge is 2.30. The Kier molecular flexibility index (Phi) is 5.41. The molecule has 2 heterocycles. The van der Waals surface area contributed by atoms with Gasteiger partial charge in [0.15, 0.2) is 6.54 Å². The van der Waals surface area contributed by atoms with Gasteiger partial charge in [-0.25, -0.2) is 0 Å². The number of nitrogens with one attached hydrogen (secondary N) is 2. The first-order chi connectivity index (χ1) is 13.2. The van der Waals surface area contributed by atoms with Crippen molar-refractivity contribution in [3.05, 3.63) is 59.7 Å². The summed E-state index contributed by atoms with van der Waals surface area (Å²) in [7, 11) is 1.70. The van der Waals surface area contributed by atoms with Crippen LogP contribution in [0.5, 0.6) is 5.75 Å². The van der Waals surface area contributed by atoms with Crippen LogP contribution in [-0.2, 0) is 17.8 Å². The fraction of sp³-hybridized carbons (Fsp3) is 0.409. The van der Waals surface area contributed by atoms with E-state index in [0.717, 1.165) is 57.1 Å². The molecule has 1 saturated heterocycles. The summed E-state index contributed by atoms with van der Waals surface area (Å²) in [6.07, 6.45) is 0.983. The van der Waals surface area contributed by atoms with Crippen LogP contribution < -0.4 is 19.4 Å². The normalized spacial score (nSPS) is 21.7. The summed E-state index contributed by atoms with van der Waals surface area (Å²) in [4.78, 5) is 17.8. The van der Waals surface area contributed by atoms with Gasteiger partial charge in [-0.2, -0.15) is 0 Å². The van der Waals surface area contributed by atoms with Gasteiger partial charge in [0.2, 0.25) is 0 Å². The number of rotatable bonds is 5. The fourth-order valence-corrected chi connectivity index (χ4v) is 4.25. The molecular formula is C22H29N3O2+2. The Morgan fingerprint density at radius 1 is 1.00 bits per heavy atom. The maximum Gasteiger partial charge on any atom is 0.282 e. The molecule has 0 atom stereocenters. The number of nitrogens with zero attached hydrogens (tertiary/aromatic N) is 1. The molecular weight excluding hydrogens is 338 g/mol. The molecule has 0 saturated carbocycles. The summed E-state index contributed by atoms with van der Waals surface area (Å²) < 4.78 is 5.23. The maximum absolute atomic E-state index is 12.8. The van der Waals surface area contributed by atoms with Crippen molar-refractivity contribution in [1.29, 1.82) is 0 Å². The van der Waals surface area contributed by atoms with Gasteiger partial charge < -0.3 is 19.4 Å². The second-order valence-electron chi connectivity index (χ2n) is 7.63. The minimum Gasteiger partial charge on any atom is -0.497 e. The molecule has 5 heteroatoms. The molecule has 5 nitrogen and oxygen atoms in total. The van der Waals surface area contributed by atoms with Crippen LogP contribution >= 0.6 is 0 Å². The van der Waals surface area contributed by atoms with E-state index in [2.05, 4.69) is 30.3 Å². The summed E-state index contributed by atoms with van der Waals surface area (Å²) in [6, 6.07) is 16.7. The zero-order valence-electron chi connectivity index (χ0n) is 16.0.